The molecule has 106 valence electrons. The van der Waals surface area contributed by atoms with E-state index in [0.717, 1.165) is 32.5 Å². The zero-order chi connectivity index (χ0) is 13.3. The van der Waals surface area contributed by atoms with E-state index in [0.29, 0.717) is 24.9 Å². The van der Waals surface area contributed by atoms with Crippen LogP contribution in [0.1, 0.15) is 18.9 Å². The van der Waals surface area contributed by atoms with Gasteiger partial charge in [0.15, 0.2) is 0 Å². The lowest BCUT2D eigenvalue weighted by Crippen LogP contribution is -2.35. The molecule has 0 amide bonds. The highest BCUT2D eigenvalue weighted by molar-refractivity contribution is 7.89. The molecule has 0 aliphatic carbocycles. The summed E-state index contributed by atoms with van der Waals surface area (Å²) in [7, 11) is -2.95. The highest BCUT2D eigenvalue weighted by Gasteiger charge is 2.30. The molecule has 2 aliphatic heterocycles. The summed E-state index contributed by atoms with van der Waals surface area (Å²) in [6, 6.07) is 2.38. The molecule has 1 aromatic rings. The van der Waals surface area contributed by atoms with E-state index in [4.69, 9.17) is 0 Å². The van der Waals surface area contributed by atoms with Crippen LogP contribution in [0.15, 0.2) is 18.5 Å². The zero-order valence-electron chi connectivity index (χ0n) is 11.0. The second kappa shape index (κ2) is 5.22. The van der Waals surface area contributed by atoms with E-state index in [1.54, 1.807) is 10.5 Å². The van der Waals surface area contributed by atoms with Gasteiger partial charge in [0.25, 0.3) is 0 Å². The van der Waals surface area contributed by atoms with Gasteiger partial charge in [-0.1, -0.05) is 0 Å². The molecule has 3 rings (SSSR count). The van der Waals surface area contributed by atoms with Crippen LogP contribution in [-0.2, 0) is 10.0 Å². The molecular weight excluding hydrogens is 264 g/mol. The summed E-state index contributed by atoms with van der Waals surface area (Å²) in [6.45, 7) is 4.15. The highest BCUT2D eigenvalue weighted by atomic mass is 32.2. The van der Waals surface area contributed by atoms with Gasteiger partial charge < -0.3 is 0 Å². The number of rotatable bonds is 4. The third kappa shape index (κ3) is 2.82. The molecule has 0 spiro atoms. The molecule has 1 atom stereocenters. The maximum atomic E-state index is 11.7. The number of hydrogen-bond acceptors (Lipinski definition) is 4. The average Bonchev–Trinajstić information content (AvgIpc) is 3.05. The van der Waals surface area contributed by atoms with Crippen LogP contribution in [0.3, 0.4) is 0 Å². The predicted molar refractivity (Wildman–Crippen MR) is 72.3 cm³/mol. The first-order chi connectivity index (χ1) is 9.15. The van der Waals surface area contributed by atoms with Crippen LogP contribution in [0, 0.1) is 0 Å². The molecule has 2 aliphatic rings. The van der Waals surface area contributed by atoms with Crippen LogP contribution in [0.4, 0.5) is 0 Å². The Morgan fingerprint density at radius 2 is 2.16 bits per heavy atom. The van der Waals surface area contributed by atoms with Gasteiger partial charge in [-0.3, -0.25) is 9.58 Å². The Bertz CT molecular complexity index is 514. The summed E-state index contributed by atoms with van der Waals surface area (Å²) in [4.78, 5) is 2.33. The van der Waals surface area contributed by atoms with E-state index in [9.17, 15) is 8.42 Å². The number of hydrogen-bond donors (Lipinski definition) is 0. The molecule has 0 aromatic carbocycles. The molecule has 3 heterocycles. The fourth-order valence-electron chi connectivity index (χ4n) is 2.92. The Balaban J connectivity index is 1.50. The standard InChI is InChI=1S/C12H20N4O2S/c17-19(18)10-2-5-15(19)9-8-14-7-3-12(11-14)16-6-1-4-13-16/h1,4,6,12H,2-3,5,7-11H2. The van der Waals surface area contributed by atoms with Gasteiger partial charge in [-0.05, 0) is 18.9 Å². The zero-order valence-corrected chi connectivity index (χ0v) is 11.8. The van der Waals surface area contributed by atoms with Crippen molar-refractivity contribution in [2.24, 2.45) is 0 Å². The Labute approximate surface area is 114 Å². The molecular formula is C12H20N4O2S. The summed E-state index contributed by atoms with van der Waals surface area (Å²) in [6.07, 6.45) is 5.67. The number of aromatic nitrogens is 2. The predicted octanol–water partition coefficient (Wildman–Crippen LogP) is 0.165. The third-order valence-electron chi connectivity index (χ3n) is 4.02. The maximum absolute atomic E-state index is 11.7. The van der Waals surface area contributed by atoms with E-state index in [1.165, 1.54) is 0 Å². The molecule has 2 fully saturated rings. The summed E-state index contributed by atoms with van der Waals surface area (Å²) in [5.41, 5.74) is 0. The Morgan fingerprint density at radius 1 is 1.26 bits per heavy atom. The van der Waals surface area contributed by atoms with Crippen molar-refractivity contribution in [2.75, 3.05) is 38.5 Å². The lowest BCUT2D eigenvalue weighted by Gasteiger charge is -2.20. The highest BCUT2D eigenvalue weighted by Crippen LogP contribution is 2.21. The molecule has 0 saturated carbocycles. The van der Waals surface area contributed by atoms with Gasteiger partial charge in [0, 0.05) is 45.1 Å². The monoisotopic (exact) mass is 284 g/mol. The first-order valence-corrected chi connectivity index (χ1v) is 8.45. The molecule has 1 unspecified atom stereocenters. The molecule has 0 radical (unpaired) electrons. The van der Waals surface area contributed by atoms with Gasteiger partial charge in [-0.2, -0.15) is 5.10 Å². The molecule has 19 heavy (non-hydrogen) atoms. The van der Waals surface area contributed by atoms with Gasteiger partial charge in [0.2, 0.25) is 10.0 Å². The van der Waals surface area contributed by atoms with Crippen LogP contribution in [-0.4, -0.2) is 65.9 Å². The second-order valence-electron chi connectivity index (χ2n) is 5.30. The Morgan fingerprint density at radius 3 is 2.84 bits per heavy atom. The Hall–Kier alpha value is -0.920. The average molecular weight is 284 g/mol. The smallest absolute Gasteiger partial charge is 0.214 e. The van der Waals surface area contributed by atoms with E-state index in [2.05, 4.69) is 10.00 Å². The third-order valence-corrected chi connectivity index (χ3v) is 5.97. The van der Waals surface area contributed by atoms with Crippen molar-refractivity contribution in [3.63, 3.8) is 0 Å². The van der Waals surface area contributed by atoms with Crippen LogP contribution >= 0.6 is 0 Å². The first-order valence-electron chi connectivity index (χ1n) is 6.84. The molecule has 2 saturated heterocycles. The van der Waals surface area contributed by atoms with Gasteiger partial charge in [-0.15, -0.1) is 0 Å². The first kappa shape index (κ1) is 13.1. The molecule has 7 heteroatoms. The minimum atomic E-state index is -2.95. The molecule has 6 nitrogen and oxygen atoms in total. The molecule has 1 aromatic heterocycles. The topological polar surface area (TPSA) is 58.4 Å². The van der Waals surface area contributed by atoms with E-state index in [-0.39, 0.29) is 0 Å². The largest absolute Gasteiger partial charge is 0.300 e. The van der Waals surface area contributed by atoms with Gasteiger partial charge in [-0.25, -0.2) is 12.7 Å². The van der Waals surface area contributed by atoms with Crippen molar-refractivity contribution in [1.29, 1.82) is 0 Å². The number of nitrogens with zero attached hydrogens (tertiary/aromatic N) is 4. The minimum Gasteiger partial charge on any atom is -0.300 e. The van der Waals surface area contributed by atoms with E-state index < -0.39 is 10.0 Å². The fraction of sp³-hybridized carbons (Fsp3) is 0.750. The van der Waals surface area contributed by atoms with Crippen molar-refractivity contribution in [3.05, 3.63) is 18.5 Å². The summed E-state index contributed by atoms with van der Waals surface area (Å²) in [5.74, 6) is 0.322. The van der Waals surface area contributed by atoms with Crippen LogP contribution < -0.4 is 0 Å². The lowest BCUT2D eigenvalue weighted by molar-refractivity contribution is 0.289. The SMILES string of the molecule is O=S1(=O)CCCN1CCN1CCC(n2cccn2)C1. The Kier molecular flexibility index (Phi) is 3.60. The summed E-state index contributed by atoms with van der Waals surface area (Å²) >= 11 is 0. The van der Waals surface area contributed by atoms with Crippen molar-refractivity contribution >= 4 is 10.0 Å². The van der Waals surface area contributed by atoms with Gasteiger partial charge >= 0.3 is 0 Å². The maximum Gasteiger partial charge on any atom is 0.214 e. The van der Waals surface area contributed by atoms with Crippen molar-refractivity contribution in [1.82, 2.24) is 19.0 Å². The number of sulfonamides is 1. The van der Waals surface area contributed by atoms with Crippen LogP contribution in [0.2, 0.25) is 0 Å². The van der Waals surface area contributed by atoms with Crippen molar-refractivity contribution < 1.29 is 8.42 Å². The fourth-order valence-corrected chi connectivity index (χ4v) is 4.44. The quantitative estimate of drug-likeness (QED) is 0.790. The normalized spacial score (nSPS) is 28.1. The summed E-state index contributed by atoms with van der Waals surface area (Å²) < 4.78 is 27.1. The van der Waals surface area contributed by atoms with E-state index in [1.807, 2.05) is 16.9 Å². The van der Waals surface area contributed by atoms with E-state index >= 15 is 0 Å². The molecule has 0 N–H and O–H groups in total. The lowest BCUT2D eigenvalue weighted by atomic mass is 10.3. The van der Waals surface area contributed by atoms with Crippen LogP contribution in [0.25, 0.3) is 0 Å². The molecule has 0 bridgehead atoms. The van der Waals surface area contributed by atoms with Crippen molar-refractivity contribution in [3.8, 4) is 0 Å². The minimum absolute atomic E-state index is 0.322. The van der Waals surface area contributed by atoms with Crippen LogP contribution in [0.5, 0.6) is 0 Å². The van der Waals surface area contributed by atoms with Gasteiger partial charge in [0.1, 0.15) is 0 Å². The second-order valence-corrected chi connectivity index (χ2v) is 7.39. The van der Waals surface area contributed by atoms with Gasteiger partial charge in [0.05, 0.1) is 11.8 Å². The summed E-state index contributed by atoms with van der Waals surface area (Å²) in [5, 5.41) is 4.28. The number of likely N-dealkylation sites (tertiary alicyclic amines) is 1. The van der Waals surface area contributed by atoms with Crippen molar-refractivity contribution in [2.45, 2.75) is 18.9 Å².